The zero-order valence-electron chi connectivity index (χ0n) is 18.4. The summed E-state index contributed by atoms with van der Waals surface area (Å²) in [6, 6.07) is 14.7. The molecule has 33 heavy (non-hydrogen) atoms. The van der Waals surface area contributed by atoms with Crippen LogP contribution in [0.3, 0.4) is 0 Å². The number of anilines is 1. The molecule has 1 aliphatic rings. The Morgan fingerprint density at radius 1 is 1.12 bits per heavy atom. The molecule has 0 unspecified atom stereocenters. The van der Waals surface area contributed by atoms with Crippen LogP contribution in [0.5, 0.6) is 0 Å². The molecule has 0 bridgehead atoms. The van der Waals surface area contributed by atoms with Crippen molar-refractivity contribution in [1.82, 2.24) is 9.78 Å². The topological polar surface area (TPSA) is 84.7 Å². The van der Waals surface area contributed by atoms with Crippen LogP contribution in [0.2, 0.25) is 0 Å². The maximum absolute atomic E-state index is 13.9. The van der Waals surface area contributed by atoms with Crippen LogP contribution in [0, 0.1) is 11.7 Å². The van der Waals surface area contributed by atoms with Gasteiger partial charge in [0.25, 0.3) is 5.56 Å². The number of aliphatic hydroxyl groups is 1. The molecule has 172 valence electrons. The number of carbonyl (C=O) groups excluding carboxylic acids is 1. The third-order valence-corrected chi connectivity index (χ3v) is 5.65. The summed E-state index contributed by atoms with van der Waals surface area (Å²) >= 11 is 0. The molecule has 0 radical (unpaired) electrons. The van der Waals surface area contributed by atoms with Gasteiger partial charge in [-0.1, -0.05) is 25.1 Å². The van der Waals surface area contributed by atoms with Crippen molar-refractivity contribution in [3.05, 3.63) is 76.3 Å². The standard InChI is InChI=1S/C25H26FN3O4/c1-17(16-30)13-24(31)22-15-23(27-29(25(22)32)21-4-2-3-19(26)14-21)18-5-7-20(8-6-18)28-9-11-33-12-10-28/h2-8,14-15,17,30H,9-13,16H2,1H3/t17-/m1/s1. The second-order valence-corrected chi connectivity index (χ2v) is 8.20. The number of aliphatic hydroxyl groups excluding tert-OH is 1. The van der Waals surface area contributed by atoms with E-state index in [1.807, 2.05) is 24.3 Å². The Labute approximate surface area is 191 Å². The van der Waals surface area contributed by atoms with Crippen molar-refractivity contribution in [2.24, 2.45) is 5.92 Å². The average Bonchev–Trinajstić information content (AvgIpc) is 2.84. The Balaban J connectivity index is 1.77. The highest BCUT2D eigenvalue weighted by molar-refractivity contribution is 5.96. The fourth-order valence-corrected chi connectivity index (χ4v) is 3.77. The maximum atomic E-state index is 13.9. The summed E-state index contributed by atoms with van der Waals surface area (Å²) in [4.78, 5) is 28.2. The van der Waals surface area contributed by atoms with Crippen molar-refractivity contribution >= 4 is 11.5 Å². The Morgan fingerprint density at radius 3 is 2.52 bits per heavy atom. The predicted octanol–water partition coefficient (Wildman–Crippen LogP) is 3.08. The summed E-state index contributed by atoms with van der Waals surface area (Å²) in [7, 11) is 0. The smallest absolute Gasteiger partial charge is 0.282 e. The maximum Gasteiger partial charge on any atom is 0.282 e. The fourth-order valence-electron chi connectivity index (χ4n) is 3.77. The zero-order chi connectivity index (χ0) is 23.4. The van der Waals surface area contributed by atoms with E-state index in [-0.39, 0.29) is 36.0 Å². The SMILES string of the molecule is C[C@@H](CO)CC(=O)c1cc(-c2ccc(N3CCOCC3)cc2)nn(-c2cccc(F)c2)c1=O. The van der Waals surface area contributed by atoms with E-state index in [0.29, 0.717) is 18.9 Å². The quantitative estimate of drug-likeness (QED) is 0.556. The van der Waals surface area contributed by atoms with Crippen molar-refractivity contribution < 1.29 is 19.0 Å². The van der Waals surface area contributed by atoms with Gasteiger partial charge in [-0.15, -0.1) is 0 Å². The Bertz CT molecular complexity index is 1190. The molecule has 3 aromatic rings. The summed E-state index contributed by atoms with van der Waals surface area (Å²) < 4.78 is 20.3. The molecule has 0 amide bonds. The second-order valence-electron chi connectivity index (χ2n) is 8.20. The van der Waals surface area contributed by atoms with Gasteiger partial charge in [0.05, 0.1) is 30.2 Å². The van der Waals surface area contributed by atoms with E-state index in [1.54, 1.807) is 13.0 Å². The normalized spacial score (nSPS) is 14.8. The van der Waals surface area contributed by atoms with Crippen LogP contribution in [-0.2, 0) is 4.74 Å². The summed E-state index contributed by atoms with van der Waals surface area (Å²) in [6.45, 7) is 4.55. The first kappa shape index (κ1) is 22.8. The van der Waals surface area contributed by atoms with Crippen molar-refractivity contribution in [3.63, 3.8) is 0 Å². The van der Waals surface area contributed by atoms with E-state index in [9.17, 15) is 19.1 Å². The Hall–Kier alpha value is -3.36. The van der Waals surface area contributed by atoms with Gasteiger partial charge in [-0.05, 0) is 42.3 Å². The minimum atomic E-state index is -0.621. The third-order valence-electron chi connectivity index (χ3n) is 5.65. The molecule has 0 spiro atoms. The number of rotatable bonds is 7. The van der Waals surface area contributed by atoms with Crippen molar-refractivity contribution in [2.45, 2.75) is 13.3 Å². The van der Waals surface area contributed by atoms with Crippen LogP contribution >= 0.6 is 0 Å². The number of benzene rings is 2. The van der Waals surface area contributed by atoms with Gasteiger partial charge in [0.2, 0.25) is 0 Å². The minimum absolute atomic E-state index is 0.0221. The number of aromatic nitrogens is 2. The van der Waals surface area contributed by atoms with Gasteiger partial charge in [-0.3, -0.25) is 9.59 Å². The number of morpholine rings is 1. The zero-order valence-corrected chi connectivity index (χ0v) is 18.4. The third kappa shape index (κ3) is 5.18. The summed E-state index contributed by atoms with van der Waals surface area (Å²) in [5.41, 5.74) is 1.77. The van der Waals surface area contributed by atoms with Gasteiger partial charge in [0, 0.05) is 37.4 Å². The number of carbonyl (C=O) groups is 1. The van der Waals surface area contributed by atoms with Crippen LogP contribution in [0.1, 0.15) is 23.7 Å². The number of hydrogen-bond acceptors (Lipinski definition) is 6. The van der Waals surface area contributed by atoms with E-state index >= 15 is 0 Å². The summed E-state index contributed by atoms with van der Waals surface area (Å²) in [5.74, 6) is -1.19. The molecule has 0 saturated carbocycles. The number of nitrogens with zero attached hydrogens (tertiary/aromatic N) is 3. The van der Waals surface area contributed by atoms with Crippen LogP contribution in [0.25, 0.3) is 16.9 Å². The van der Waals surface area contributed by atoms with Gasteiger partial charge in [-0.2, -0.15) is 9.78 Å². The molecule has 7 nitrogen and oxygen atoms in total. The van der Waals surface area contributed by atoms with E-state index in [0.717, 1.165) is 29.0 Å². The van der Waals surface area contributed by atoms with Gasteiger partial charge in [0.1, 0.15) is 5.82 Å². The molecule has 2 heterocycles. The number of Topliss-reactive ketones (excluding diaryl/α,β-unsaturated/α-hetero) is 1. The molecule has 1 fully saturated rings. The van der Waals surface area contributed by atoms with Gasteiger partial charge in [-0.25, -0.2) is 4.39 Å². The molecular formula is C25H26FN3O4. The first-order valence-corrected chi connectivity index (χ1v) is 10.9. The van der Waals surface area contributed by atoms with Crippen molar-refractivity contribution in [3.8, 4) is 16.9 Å². The lowest BCUT2D eigenvalue weighted by Crippen LogP contribution is -2.36. The molecule has 2 aromatic carbocycles. The highest BCUT2D eigenvalue weighted by Crippen LogP contribution is 2.24. The van der Waals surface area contributed by atoms with E-state index in [4.69, 9.17) is 4.74 Å². The van der Waals surface area contributed by atoms with E-state index in [1.165, 1.54) is 24.3 Å². The van der Waals surface area contributed by atoms with E-state index in [2.05, 4.69) is 10.00 Å². The lowest BCUT2D eigenvalue weighted by Gasteiger charge is -2.28. The number of ether oxygens (including phenoxy) is 1. The molecule has 4 rings (SSSR count). The predicted molar refractivity (Wildman–Crippen MR) is 123 cm³/mol. The van der Waals surface area contributed by atoms with Crippen LogP contribution in [0.15, 0.2) is 59.4 Å². The molecule has 0 aliphatic carbocycles. The van der Waals surface area contributed by atoms with Gasteiger partial charge < -0.3 is 14.7 Å². The van der Waals surface area contributed by atoms with Crippen LogP contribution < -0.4 is 10.5 Å². The molecule has 1 N–H and O–H groups in total. The van der Waals surface area contributed by atoms with Gasteiger partial charge in [0.15, 0.2) is 5.78 Å². The fraction of sp³-hybridized carbons (Fsp3) is 0.320. The molecule has 1 saturated heterocycles. The Kier molecular flexibility index (Phi) is 6.96. The van der Waals surface area contributed by atoms with Crippen LogP contribution in [0.4, 0.5) is 10.1 Å². The minimum Gasteiger partial charge on any atom is -0.396 e. The number of hydrogen-bond donors (Lipinski definition) is 1. The highest BCUT2D eigenvalue weighted by Gasteiger charge is 2.20. The monoisotopic (exact) mass is 451 g/mol. The second kappa shape index (κ2) is 10.1. The van der Waals surface area contributed by atoms with Crippen molar-refractivity contribution in [1.29, 1.82) is 0 Å². The van der Waals surface area contributed by atoms with Crippen LogP contribution in [-0.4, -0.2) is 53.6 Å². The first-order valence-electron chi connectivity index (χ1n) is 10.9. The molecular weight excluding hydrogens is 425 g/mol. The molecule has 1 atom stereocenters. The van der Waals surface area contributed by atoms with E-state index < -0.39 is 11.4 Å². The van der Waals surface area contributed by atoms with Crippen molar-refractivity contribution in [2.75, 3.05) is 37.8 Å². The lowest BCUT2D eigenvalue weighted by molar-refractivity contribution is 0.0941. The average molecular weight is 451 g/mol. The lowest BCUT2D eigenvalue weighted by atomic mass is 10.00. The Morgan fingerprint density at radius 2 is 1.85 bits per heavy atom. The highest BCUT2D eigenvalue weighted by atomic mass is 19.1. The number of ketones is 1. The first-order chi connectivity index (χ1) is 16.0. The summed E-state index contributed by atoms with van der Waals surface area (Å²) in [6.07, 6.45) is 0.0221. The van der Waals surface area contributed by atoms with Gasteiger partial charge >= 0.3 is 0 Å². The largest absolute Gasteiger partial charge is 0.396 e. The summed E-state index contributed by atoms with van der Waals surface area (Å²) in [5, 5.41) is 13.8. The number of halogens is 1. The molecule has 1 aromatic heterocycles. The molecule has 8 heteroatoms. The molecule has 1 aliphatic heterocycles.